The van der Waals surface area contributed by atoms with Gasteiger partial charge in [-0.3, -0.25) is 4.90 Å². The van der Waals surface area contributed by atoms with E-state index in [9.17, 15) is 9.90 Å². The Kier molecular flexibility index (Phi) is 3.56. The first-order valence-electron chi connectivity index (χ1n) is 6.72. The van der Waals surface area contributed by atoms with Crippen molar-refractivity contribution in [3.8, 4) is 0 Å². The number of hydrogen-bond donors (Lipinski definition) is 2. The molecule has 104 valence electrons. The summed E-state index contributed by atoms with van der Waals surface area (Å²) in [4.78, 5) is 14.1. The second kappa shape index (κ2) is 4.70. The number of rotatable bonds is 1. The molecule has 1 amide bonds. The Morgan fingerprint density at radius 1 is 1.44 bits per heavy atom. The van der Waals surface area contributed by atoms with Gasteiger partial charge in [-0.2, -0.15) is 0 Å². The van der Waals surface area contributed by atoms with Gasteiger partial charge >= 0.3 is 6.09 Å². The van der Waals surface area contributed by atoms with E-state index in [1.807, 2.05) is 25.7 Å². The van der Waals surface area contributed by atoms with Crippen LogP contribution in [0.15, 0.2) is 0 Å². The molecule has 0 aliphatic carbocycles. The Hall–Kier alpha value is -0.810. The minimum atomic E-state index is -0.471. The summed E-state index contributed by atoms with van der Waals surface area (Å²) < 4.78 is 5.46. The summed E-state index contributed by atoms with van der Waals surface area (Å²) in [6.07, 6.45) is 1.22. The molecule has 0 aromatic carbocycles. The van der Waals surface area contributed by atoms with Gasteiger partial charge in [-0.15, -0.1) is 0 Å². The third-order valence-electron chi connectivity index (χ3n) is 3.67. The maximum Gasteiger partial charge on any atom is 0.410 e. The van der Waals surface area contributed by atoms with Gasteiger partial charge in [0.2, 0.25) is 0 Å². The van der Waals surface area contributed by atoms with Gasteiger partial charge in [-0.1, -0.05) is 0 Å². The summed E-state index contributed by atoms with van der Waals surface area (Å²) in [6, 6.07) is 0.217. The molecule has 2 N–H and O–H groups in total. The van der Waals surface area contributed by atoms with Gasteiger partial charge in [-0.25, -0.2) is 4.79 Å². The number of nitrogens with one attached hydrogen (secondary N) is 1. The van der Waals surface area contributed by atoms with Crippen LogP contribution in [-0.2, 0) is 4.74 Å². The van der Waals surface area contributed by atoms with Crippen molar-refractivity contribution in [2.24, 2.45) is 0 Å². The van der Waals surface area contributed by atoms with Gasteiger partial charge in [0.1, 0.15) is 5.60 Å². The van der Waals surface area contributed by atoms with Crippen molar-refractivity contribution in [3.63, 3.8) is 0 Å². The topological polar surface area (TPSA) is 61.8 Å². The van der Waals surface area contributed by atoms with Crippen LogP contribution >= 0.6 is 0 Å². The monoisotopic (exact) mass is 256 g/mol. The maximum absolute atomic E-state index is 12.2. The van der Waals surface area contributed by atoms with E-state index in [1.54, 1.807) is 6.92 Å². The van der Waals surface area contributed by atoms with Gasteiger partial charge in [0.15, 0.2) is 0 Å². The minimum Gasteiger partial charge on any atom is -0.444 e. The molecule has 0 aromatic rings. The van der Waals surface area contributed by atoms with Gasteiger partial charge in [0, 0.05) is 12.6 Å². The van der Waals surface area contributed by atoms with Crippen LogP contribution < -0.4 is 5.32 Å². The normalized spacial score (nSPS) is 33.4. The minimum absolute atomic E-state index is 0.0451. The standard InChI is InChI=1S/C13H24N2O3/c1-8(16)11-10-6-5-9(7-14-11)15(10)12(17)18-13(2,3)4/h8-11,14,16H,5-7H2,1-4H3/t8-,9-,10-,11+/m0/s1. The molecule has 2 saturated heterocycles. The van der Waals surface area contributed by atoms with Gasteiger partial charge in [-0.05, 0) is 40.5 Å². The van der Waals surface area contributed by atoms with E-state index in [0.29, 0.717) is 0 Å². The molecule has 2 fully saturated rings. The summed E-state index contributed by atoms with van der Waals surface area (Å²) in [5.41, 5.74) is -0.471. The van der Waals surface area contributed by atoms with E-state index in [4.69, 9.17) is 4.74 Å². The number of amides is 1. The number of aliphatic hydroxyl groups is 1. The smallest absolute Gasteiger partial charge is 0.410 e. The Balaban J connectivity index is 2.10. The maximum atomic E-state index is 12.2. The van der Waals surface area contributed by atoms with E-state index in [1.165, 1.54) is 0 Å². The number of carbonyl (C=O) groups is 1. The van der Waals surface area contributed by atoms with E-state index >= 15 is 0 Å². The van der Waals surface area contributed by atoms with Crippen molar-refractivity contribution in [3.05, 3.63) is 0 Å². The number of ether oxygens (including phenoxy) is 1. The molecular weight excluding hydrogens is 232 g/mol. The molecule has 0 aromatic heterocycles. The molecule has 18 heavy (non-hydrogen) atoms. The van der Waals surface area contributed by atoms with Crippen molar-refractivity contribution in [2.75, 3.05) is 6.54 Å². The van der Waals surface area contributed by atoms with Crippen LogP contribution in [-0.4, -0.2) is 52.5 Å². The molecule has 0 unspecified atom stereocenters. The highest BCUT2D eigenvalue weighted by Gasteiger charge is 2.47. The fourth-order valence-corrected chi connectivity index (χ4v) is 2.96. The lowest BCUT2D eigenvalue weighted by molar-refractivity contribution is -0.00704. The predicted molar refractivity (Wildman–Crippen MR) is 68.4 cm³/mol. The summed E-state index contributed by atoms with van der Waals surface area (Å²) in [5, 5.41) is 13.1. The van der Waals surface area contributed by atoms with Gasteiger partial charge < -0.3 is 15.2 Å². The van der Waals surface area contributed by atoms with E-state index in [-0.39, 0.29) is 24.2 Å². The van der Waals surface area contributed by atoms with Gasteiger partial charge in [0.05, 0.1) is 18.2 Å². The molecule has 2 aliphatic rings. The Morgan fingerprint density at radius 2 is 2.11 bits per heavy atom. The van der Waals surface area contributed by atoms with Crippen LogP contribution in [0.4, 0.5) is 4.79 Å². The molecule has 2 aliphatic heterocycles. The number of fused-ring (bicyclic) bond motifs is 2. The van der Waals surface area contributed by atoms with Crippen molar-refractivity contribution in [2.45, 2.75) is 70.4 Å². The summed E-state index contributed by atoms with van der Waals surface area (Å²) in [7, 11) is 0. The zero-order chi connectivity index (χ0) is 13.5. The van der Waals surface area contributed by atoms with Crippen LogP contribution in [0.25, 0.3) is 0 Å². The number of hydrogen-bond acceptors (Lipinski definition) is 4. The summed E-state index contributed by atoms with van der Waals surface area (Å²) in [6.45, 7) is 8.14. The van der Waals surface area contributed by atoms with Crippen molar-refractivity contribution in [1.29, 1.82) is 0 Å². The second-order valence-corrected chi connectivity index (χ2v) is 6.36. The molecule has 5 heteroatoms. The highest BCUT2D eigenvalue weighted by Crippen LogP contribution is 2.32. The summed E-state index contributed by atoms with van der Waals surface area (Å²) >= 11 is 0. The number of piperazine rings is 1. The Labute approximate surface area is 108 Å². The fourth-order valence-electron chi connectivity index (χ4n) is 2.96. The summed E-state index contributed by atoms with van der Waals surface area (Å²) in [5.74, 6) is 0. The Bertz CT molecular complexity index is 325. The molecule has 0 saturated carbocycles. The predicted octanol–water partition coefficient (Wildman–Crippen LogP) is 1.11. The fraction of sp³-hybridized carbons (Fsp3) is 0.923. The lowest BCUT2D eigenvalue weighted by Crippen LogP contribution is -2.63. The quantitative estimate of drug-likeness (QED) is 0.737. The highest BCUT2D eigenvalue weighted by molar-refractivity contribution is 5.70. The zero-order valence-corrected chi connectivity index (χ0v) is 11.6. The Morgan fingerprint density at radius 3 is 2.67 bits per heavy atom. The molecular formula is C13H24N2O3. The molecule has 2 rings (SSSR count). The first-order valence-corrected chi connectivity index (χ1v) is 6.72. The average molecular weight is 256 g/mol. The molecule has 2 heterocycles. The van der Waals surface area contributed by atoms with Crippen molar-refractivity contribution < 1.29 is 14.6 Å². The first kappa shape index (κ1) is 13.6. The third kappa shape index (κ3) is 2.62. The second-order valence-electron chi connectivity index (χ2n) is 6.36. The molecule has 0 radical (unpaired) electrons. The van der Waals surface area contributed by atoms with Gasteiger partial charge in [0.25, 0.3) is 0 Å². The molecule has 0 spiro atoms. The van der Waals surface area contributed by atoms with Crippen LogP contribution in [0.1, 0.15) is 40.5 Å². The number of carbonyl (C=O) groups excluding carboxylic acids is 1. The van der Waals surface area contributed by atoms with Crippen LogP contribution in [0.5, 0.6) is 0 Å². The average Bonchev–Trinajstić information content (AvgIpc) is 2.49. The molecule has 5 nitrogen and oxygen atoms in total. The van der Waals surface area contributed by atoms with Crippen molar-refractivity contribution >= 4 is 6.09 Å². The zero-order valence-electron chi connectivity index (χ0n) is 11.6. The van der Waals surface area contributed by atoms with Crippen LogP contribution in [0.2, 0.25) is 0 Å². The largest absolute Gasteiger partial charge is 0.444 e. The lowest BCUT2D eigenvalue weighted by Gasteiger charge is -2.42. The number of nitrogens with zero attached hydrogens (tertiary/aromatic N) is 1. The van der Waals surface area contributed by atoms with Crippen LogP contribution in [0.3, 0.4) is 0 Å². The number of aliphatic hydroxyl groups excluding tert-OH is 1. The van der Waals surface area contributed by atoms with E-state index < -0.39 is 11.7 Å². The lowest BCUT2D eigenvalue weighted by atomic mass is 10.0. The first-order chi connectivity index (χ1) is 8.29. The van der Waals surface area contributed by atoms with Crippen molar-refractivity contribution in [1.82, 2.24) is 10.2 Å². The highest BCUT2D eigenvalue weighted by atomic mass is 16.6. The SMILES string of the molecule is C[C@H](O)[C@H]1NC[C@@H]2CC[C@@H]1N2C(=O)OC(C)(C)C. The third-order valence-corrected chi connectivity index (χ3v) is 3.67. The van der Waals surface area contributed by atoms with Crippen LogP contribution in [0, 0.1) is 0 Å². The molecule has 4 atom stereocenters. The van der Waals surface area contributed by atoms with E-state index in [0.717, 1.165) is 19.4 Å². The molecule has 2 bridgehead atoms. The van der Waals surface area contributed by atoms with E-state index in [2.05, 4.69) is 5.32 Å².